The van der Waals surface area contributed by atoms with Crippen molar-refractivity contribution in [3.63, 3.8) is 0 Å². The summed E-state index contributed by atoms with van der Waals surface area (Å²) < 4.78 is 7.25. The maximum absolute atomic E-state index is 10.7. The van der Waals surface area contributed by atoms with Crippen molar-refractivity contribution in [2.24, 2.45) is 0 Å². The highest BCUT2D eigenvalue weighted by atomic mass is 16.1. The van der Waals surface area contributed by atoms with Crippen LogP contribution in [0.25, 0.3) is 0 Å². The van der Waals surface area contributed by atoms with Gasteiger partial charge in [0.2, 0.25) is 5.91 Å². The molecule has 1 rings (SSSR count). The Kier molecular flexibility index (Phi) is 2.19. The summed E-state index contributed by atoms with van der Waals surface area (Å²) in [6, 6.07) is 9.48. The Balaban J connectivity index is 2.58. The van der Waals surface area contributed by atoms with Gasteiger partial charge in [0.25, 0.3) is 0 Å². The average Bonchev–Trinajstić information content (AvgIpc) is 2.06. The number of carbonyl (C=O) groups is 1. The SMILES string of the molecule is [3H]N(Cc1ccccc1)C(C)=O. The second kappa shape index (κ2) is 3.76. The monoisotopic (exact) mass is 151 g/mol. The van der Waals surface area contributed by atoms with E-state index in [0.717, 1.165) is 10.9 Å². The summed E-state index contributed by atoms with van der Waals surface area (Å²) >= 11 is 0. The number of amides is 1. The van der Waals surface area contributed by atoms with Gasteiger partial charge in [-0.05, 0) is 5.56 Å². The summed E-state index contributed by atoms with van der Waals surface area (Å²) in [4.78, 5) is 10.7. The summed E-state index contributed by atoms with van der Waals surface area (Å²) in [6.07, 6.45) is 0. The first-order valence-electron chi connectivity index (χ1n) is 3.96. The first-order valence-corrected chi connectivity index (χ1v) is 3.51. The molecular formula is C9H11NO. The highest BCUT2D eigenvalue weighted by molar-refractivity contribution is 5.72. The molecule has 0 fully saturated rings. The molecule has 0 aliphatic heterocycles. The van der Waals surface area contributed by atoms with E-state index < -0.39 is 0 Å². The Hall–Kier alpha value is -1.31. The molecule has 0 unspecified atom stereocenters. The summed E-state index contributed by atoms with van der Waals surface area (Å²) in [7, 11) is 0. The van der Waals surface area contributed by atoms with Crippen LogP contribution in [0.4, 0.5) is 0 Å². The average molecular weight is 151 g/mol. The van der Waals surface area contributed by atoms with Crippen molar-refractivity contribution in [2.75, 3.05) is 0 Å². The fraction of sp³-hybridized carbons (Fsp3) is 0.222. The van der Waals surface area contributed by atoms with Crippen molar-refractivity contribution >= 4 is 5.91 Å². The molecule has 0 saturated heterocycles. The molecule has 0 aliphatic rings. The van der Waals surface area contributed by atoms with Crippen molar-refractivity contribution < 1.29 is 6.21 Å². The molecule has 58 valence electrons. The van der Waals surface area contributed by atoms with E-state index in [1.807, 2.05) is 30.3 Å². The van der Waals surface area contributed by atoms with Crippen LogP contribution < -0.4 is 5.31 Å². The van der Waals surface area contributed by atoms with Crippen molar-refractivity contribution in [3.8, 4) is 0 Å². The van der Waals surface area contributed by atoms with Gasteiger partial charge in [0.1, 0.15) is 0 Å². The zero-order chi connectivity index (χ0) is 8.97. The van der Waals surface area contributed by atoms with E-state index in [4.69, 9.17) is 1.41 Å². The Morgan fingerprint density at radius 3 is 2.73 bits per heavy atom. The van der Waals surface area contributed by atoms with Crippen LogP contribution in [-0.2, 0) is 11.3 Å². The van der Waals surface area contributed by atoms with E-state index in [-0.39, 0.29) is 5.91 Å². The van der Waals surface area contributed by atoms with Crippen LogP contribution in [0.3, 0.4) is 0 Å². The van der Waals surface area contributed by atoms with E-state index in [9.17, 15) is 4.79 Å². The summed E-state index contributed by atoms with van der Waals surface area (Å²) in [5.74, 6) is -0.237. The van der Waals surface area contributed by atoms with Crippen molar-refractivity contribution in [1.29, 1.82) is 0 Å². The second-order valence-corrected chi connectivity index (χ2v) is 2.32. The minimum atomic E-state index is -0.237. The lowest BCUT2D eigenvalue weighted by molar-refractivity contribution is -0.119. The minimum absolute atomic E-state index is 0.237. The third-order valence-corrected chi connectivity index (χ3v) is 1.33. The van der Waals surface area contributed by atoms with Crippen LogP contribution in [0.1, 0.15) is 12.5 Å². The molecule has 1 aromatic rings. The third-order valence-electron chi connectivity index (χ3n) is 1.33. The molecular weight excluding hydrogens is 138 g/mol. The lowest BCUT2D eigenvalue weighted by atomic mass is 10.2. The van der Waals surface area contributed by atoms with Crippen molar-refractivity contribution in [1.82, 2.24) is 5.31 Å². The maximum atomic E-state index is 10.7. The highest BCUT2D eigenvalue weighted by Crippen LogP contribution is 1.96. The molecule has 2 nitrogen and oxygen atoms in total. The molecule has 0 heterocycles. The van der Waals surface area contributed by atoms with Gasteiger partial charge in [0, 0.05) is 13.5 Å². The van der Waals surface area contributed by atoms with E-state index in [1.54, 1.807) is 0 Å². The number of hydrogen-bond donors (Lipinski definition) is 1. The molecule has 0 radical (unpaired) electrons. The van der Waals surface area contributed by atoms with Crippen LogP contribution in [0.15, 0.2) is 30.3 Å². The van der Waals surface area contributed by atoms with Gasteiger partial charge in [-0.25, -0.2) is 0 Å². The van der Waals surface area contributed by atoms with Gasteiger partial charge < -0.3 is 5.31 Å². The smallest absolute Gasteiger partial charge is 0.217 e. The molecule has 0 aromatic heterocycles. The summed E-state index contributed by atoms with van der Waals surface area (Å²) in [5.41, 5.74) is 0.975. The van der Waals surface area contributed by atoms with Crippen molar-refractivity contribution in [3.05, 3.63) is 35.9 Å². The largest absolute Gasteiger partial charge is 0.352 e. The number of benzene rings is 1. The topological polar surface area (TPSA) is 29.1 Å². The fourth-order valence-electron chi connectivity index (χ4n) is 0.786. The molecule has 11 heavy (non-hydrogen) atoms. The normalized spacial score (nSPS) is 10.5. The molecule has 1 aromatic carbocycles. The second-order valence-electron chi connectivity index (χ2n) is 2.32. The van der Waals surface area contributed by atoms with Gasteiger partial charge in [-0.3, -0.25) is 4.79 Å². The first-order chi connectivity index (χ1) is 5.70. The molecule has 0 spiro atoms. The molecule has 0 aliphatic carbocycles. The maximum Gasteiger partial charge on any atom is 0.217 e. The molecule has 0 saturated carbocycles. The molecule has 0 atom stereocenters. The summed E-state index contributed by atoms with van der Waals surface area (Å²) in [5, 5.41) is 0.940. The van der Waals surface area contributed by atoms with Crippen LogP contribution in [0.2, 0.25) is 1.41 Å². The number of carbonyl (C=O) groups excluding carboxylic acids is 1. The van der Waals surface area contributed by atoms with E-state index in [0.29, 0.717) is 6.54 Å². The van der Waals surface area contributed by atoms with Gasteiger partial charge >= 0.3 is 0 Å². The van der Waals surface area contributed by atoms with E-state index >= 15 is 0 Å². The third kappa shape index (κ3) is 2.85. The number of nitrogens with one attached hydrogen (secondary N) is 1. The fourth-order valence-corrected chi connectivity index (χ4v) is 0.786. The van der Waals surface area contributed by atoms with E-state index in [1.165, 1.54) is 6.92 Å². The molecule has 0 bridgehead atoms. The first kappa shape index (κ1) is 6.40. The van der Waals surface area contributed by atoms with Gasteiger partial charge in [0.05, 0.1) is 0 Å². The minimum Gasteiger partial charge on any atom is -0.352 e. The Morgan fingerprint density at radius 2 is 2.18 bits per heavy atom. The van der Waals surface area contributed by atoms with Gasteiger partial charge in [-0.15, -0.1) is 0 Å². The highest BCUT2D eigenvalue weighted by Gasteiger charge is 1.91. The predicted octanol–water partition coefficient (Wildman–Crippen LogP) is 1.32. The Morgan fingerprint density at radius 1 is 1.55 bits per heavy atom. The van der Waals surface area contributed by atoms with Gasteiger partial charge in [-0.1, -0.05) is 30.3 Å². The Bertz CT molecular complexity index is 260. The van der Waals surface area contributed by atoms with Crippen LogP contribution in [0, 0.1) is 0 Å². The lowest BCUT2D eigenvalue weighted by Gasteiger charge is -2.00. The zero-order valence-electron chi connectivity index (χ0n) is 7.45. The van der Waals surface area contributed by atoms with Crippen LogP contribution in [-0.4, -0.2) is 5.91 Å². The van der Waals surface area contributed by atoms with Crippen LogP contribution >= 0.6 is 0 Å². The van der Waals surface area contributed by atoms with Gasteiger partial charge in [0.15, 0.2) is 1.41 Å². The standard InChI is InChI=1S/C9H11NO/c1-8(11)10-7-9-5-3-2-4-6-9/h2-6H,7H2,1H3,(H,10,11)/i/hT. The van der Waals surface area contributed by atoms with E-state index in [2.05, 4.69) is 0 Å². The molecule has 1 N–H and O–H groups in total. The predicted molar refractivity (Wildman–Crippen MR) is 44.0 cm³/mol. The number of hydrogen-bond acceptors (Lipinski definition) is 1. The quantitative estimate of drug-likeness (QED) is 0.678. The lowest BCUT2D eigenvalue weighted by Crippen LogP contribution is -2.18. The molecule has 2 heteroatoms. The summed E-state index contributed by atoms with van der Waals surface area (Å²) in [6.45, 7) is 1.74. The van der Waals surface area contributed by atoms with Crippen LogP contribution in [0.5, 0.6) is 0 Å². The molecule has 1 amide bonds. The number of rotatable bonds is 2. The Labute approximate surface area is 67.7 Å². The zero-order valence-corrected chi connectivity index (χ0v) is 6.45. The van der Waals surface area contributed by atoms with Crippen molar-refractivity contribution in [2.45, 2.75) is 13.5 Å². The van der Waals surface area contributed by atoms with Gasteiger partial charge in [-0.2, -0.15) is 0 Å².